The lowest BCUT2D eigenvalue weighted by molar-refractivity contribution is 0.0790. The van der Waals surface area contributed by atoms with Crippen LogP contribution in [-0.4, -0.2) is 60.3 Å². The molecule has 0 saturated carbocycles. The van der Waals surface area contributed by atoms with Crippen molar-refractivity contribution in [2.24, 2.45) is 0 Å². The van der Waals surface area contributed by atoms with Crippen molar-refractivity contribution in [3.8, 4) is 5.75 Å². The van der Waals surface area contributed by atoms with Crippen molar-refractivity contribution in [3.05, 3.63) is 52.9 Å². The average molecular weight is 530 g/mol. The smallest absolute Gasteiger partial charge is 0.229 e. The molecule has 37 heavy (non-hydrogen) atoms. The Balaban J connectivity index is 1.58. The normalized spacial score (nSPS) is 15.8. The summed E-state index contributed by atoms with van der Waals surface area (Å²) < 4.78 is 19.7. The van der Waals surface area contributed by atoms with E-state index < -0.39 is 11.4 Å². The molecule has 1 aliphatic heterocycles. The number of ether oxygens (including phenoxy) is 1. The summed E-state index contributed by atoms with van der Waals surface area (Å²) in [7, 11) is 5.77. The summed E-state index contributed by atoms with van der Waals surface area (Å²) in [4.78, 5) is 13.3. The third-order valence-electron chi connectivity index (χ3n) is 6.47. The first-order valence-electron chi connectivity index (χ1n) is 11.9. The minimum absolute atomic E-state index is 0.0712. The van der Waals surface area contributed by atoms with Gasteiger partial charge in [-0.2, -0.15) is 4.98 Å². The standard InChI is InChI=1S/C26H33ClFN7O2/c1-26(2,36)16-10-18(28)17(27)11-20(16)31-24-6-8-30-25(33-24)32-21-12-19(29)22(13-23(21)37-5)35-9-7-15(14-35)34(3)4/h6,8,10-13,15,36H,7,9,14,29H2,1-5H3,(H2,30,31,32,33)/t15-/m1/s1. The molecule has 2 heterocycles. The Kier molecular flexibility index (Phi) is 7.63. The van der Waals surface area contributed by atoms with E-state index in [1.807, 2.05) is 12.1 Å². The Morgan fingerprint density at radius 1 is 1.22 bits per heavy atom. The van der Waals surface area contributed by atoms with Crippen LogP contribution in [0.1, 0.15) is 25.8 Å². The average Bonchev–Trinajstić information content (AvgIpc) is 3.31. The van der Waals surface area contributed by atoms with Crippen molar-refractivity contribution < 1.29 is 14.2 Å². The Morgan fingerprint density at radius 2 is 1.97 bits per heavy atom. The van der Waals surface area contributed by atoms with E-state index in [1.54, 1.807) is 33.2 Å². The van der Waals surface area contributed by atoms with Gasteiger partial charge >= 0.3 is 0 Å². The summed E-state index contributed by atoms with van der Waals surface area (Å²) in [6.07, 6.45) is 2.64. The van der Waals surface area contributed by atoms with Crippen LogP contribution in [-0.2, 0) is 5.60 Å². The number of benzene rings is 2. The number of aliphatic hydroxyl groups is 1. The summed E-state index contributed by atoms with van der Waals surface area (Å²) in [5, 5.41) is 16.7. The van der Waals surface area contributed by atoms with E-state index in [-0.39, 0.29) is 5.02 Å². The van der Waals surface area contributed by atoms with Gasteiger partial charge in [-0.3, -0.25) is 0 Å². The first-order chi connectivity index (χ1) is 17.5. The molecular weight excluding hydrogens is 497 g/mol. The Morgan fingerprint density at radius 3 is 2.62 bits per heavy atom. The second kappa shape index (κ2) is 10.6. The van der Waals surface area contributed by atoms with Crippen LogP contribution in [0.3, 0.4) is 0 Å². The fourth-order valence-electron chi connectivity index (χ4n) is 4.41. The molecule has 0 unspecified atom stereocenters. The molecule has 11 heteroatoms. The van der Waals surface area contributed by atoms with Gasteiger partial charge in [-0.05, 0) is 58.6 Å². The van der Waals surface area contributed by atoms with Crippen LogP contribution in [0.15, 0.2) is 36.5 Å². The molecule has 5 N–H and O–H groups in total. The number of rotatable bonds is 8. The van der Waals surface area contributed by atoms with Gasteiger partial charge in [-0.1, -0.05) is 11.6 Å². The topological polar surface area (TPSA) is 112 Å². The Bertz CT molecular complexity index is 1280. The highest BCUT2D eigenvalue weighted by Crippen LogP contribution is 2.38. The predicted molar refractivity (Wildman–Crippen MR) is 147 cm³/mol. The first kappa shape index (κ1) is 26.7. The molecular formula is C26H33ClFN7O2. The highest BCUT2D eigenvalue weighted by atomic mass is 35.5. The van der Waals surface area contributed by atoms with E-state index in [1.165, 1.54) is 12.1 Å². The molecule has 0 aliphatic carbocycles. The number of nitrogen functional groups attached to an aromatic ring is 1. The van der Waals surface area contributed by atoms with E-state index in [0.717, 1.165) is 25.2 Å². The second-order valence-electron chi connectivity index (χ2n) is 9.85. The zero-order valence-electron chi connectivity index (χ0n) is 21.6. The predicted octanol–water partition coefficient (Wildman–Crippen LogP) is 4.71. The third kappa shape index (κ3) is 5.98. The number of anilines is 6. The van der Waals surface area contributed by atoms with Crippen molar-refractivity contribution in [1.82, 2.24) is 14.9 Å². The highest BCUT2D eigenvalue weighted by Gasteiger charge is 2.26. The number of aromatic nitrogens is 2. The highest BCUT2D eigenvalue weighted by molar-refractivity contribution is 6.31. The van der Waals surface area contributed by atoms with Crippen LogP contribution >= 0.6 is 11.6 Å². The molecule has 0 radical (unpaired) electrons. The number of methoxy groups -OCH3 is 1. The van der Waals surface area contributed by atoms with Crippen molar-refractivity contribution in [2.45, 2.75) is 31.9 Å². The van der Waals surface area contributed by atoms with Gasteiger partial charge < -0.3 is 36.0 Å². The molecule has 9 nitrogen and oxygen atoms in total. The van der Waals surface area contributed by atoms with E-state index in [9.17, 15) is 9.50 Å². The number of likely N-dealkylation sites (N-methyl/N-ethyl adjacent to an activating group) is 1. The molecule has 1 atom stereocenters. The summed E-state index contributed by atoms with van der Waals surface area (Å²) in [5.41, 5.74) is 8.06. The fourth-order valence-corrected chi connectivity index (χ4v) is 4.58. The maximum Gasteiger partial charge on any atom is 0.229 e. The van der Waals surface area contributed by atoms with E-state index >= 15 is 0 Å². The van der Waals surface area contributed by atoms with E-state index in [4.69, 9.17) is 22.1 Å². The van der Waals surface area contributed by atoms with Crippen molar-refractivity contribution >= 4 is 46.1 Å². The quantitative estimate of drug-likeness (QED) is 0.308. The van der Waals surface area contributed by atoms with Gasteiger partial charge in [0, 0.05) is 42.6 Å². The first-order valence-corrected chi connectivity index (χ1v) is 12.3. The summed E-state index contributed by atoms with van der Waals surface area (Å²) in [5.74, 6) is 0.700. The summed E-state index contributed by atoms with van der Waals surface area (Å²) in [6, 6.07) is 8.49. The van der Waals surface area contributed by atoms with Gasteiger partial charge in [0.15, 0.2) is 0 Å². The van der Waals surface area contributed by atoms with Gasteiger partial charge in [0.05, 0.1) is 34.8 Å². The number of nitrogens with two attached hydrogens (primary N) is 1. The fraction of sp³-hybridized carbons (Fsp3) is 0.385. The zero-order valence-corrected chi connectivity index (χ0v) is 22.4. The van der Waals surface area contributed by atoms with Crippen LogP contribution in [0.5, 0.6) is 5.75 Å². The van der Waals surface area contributed by atoms with Crippen LogP contribution in [0, 0.1) is 5.82 Å². The van der Waals surface area contributed by atoms with Crippen molar-refractivity contribution in [2.75, 3.05) is 55.6 Å². The molecule has 2 aromatic carbocycles. The molecule has 198 valence electrons. The third-order valence-corrected chi connectivity index (χ3v) is 6.76. The number of nitrogens with one attached hydrogen (secondary N) is 2. The van der Waals surface area contributed by atoms with Gasteiger partial charge in [0.25, 0.3) is 0 Å². The van der Waals surface area contributed by atoms with Gasteiger partial charge in [0.1, 0.15) is 17.4 Å². The van der Waals surface area contributed by atoms with Crippen molar-refractivity contribution in [3.63, 3.8) is 0 Å². The molecule has 1 saturated heterocycles. The minimum atomic E-state index is -1.31. The maximum absolute atomic E-state index is 14.1. The van der Waals surface area contributed by atoms with E-state index in [0.29, 0.717) is 46.2 Å². The lowest BCUT2D eigenvalue weighted by atomic mass is 9.96. The summed E-state index contributed by atoms with van der Waals surface area (Å²) in [6.45, 7) is 4.94. The maximum atomic E-state index is 14.1. The van der Waals surface area contributed by atoms with Crippen LogP contribution in [0.4, 0.5) is 38.9 Å². The molecule has 4 rings (SSSR count). The number of halogens is 2. The Hall–Kier alpha value is -3.34. The second-order valence-corrected chi connectivity index (χ2v) is 10.3. The van der Waals surface area contributed by atoms with Gasteiger partial charge in [0.2, 0.25) is 5.95 Å². The number of nitrogens with zero attached hydrogens (tertiary/aromatic N) is 4. The van der Waals surface area contributed by atoms with Crippen molar-refractivity contribution in [1.29, 1.82) is 0 Å². The summed E-state index contributed by atoms with van der Waals surface area (Å²) >= 11 is 6.00. The van der Waals surface area contributed by atoms with E-state index in [2.05, 4.69) is 44.5 Å². The van der Waals surface area contributed by atoms with Gasteiger partial charge in [-0.15, -0.1) is 0 Å². The Labute approximate surface area is 221 Å². The number of hydrogen-bond acceptors (Lipinski definition) is 9. The van der Waals surface area contributed by atoms with Gasteiger partial charge in [-0.25, -0.2) is 9.37 Å². The molecule has 0 amide bonds. The molecule has 1 aliphatic rings. The molecule has 3 aromatic rings. The minimum Gasteiger partial charge on any atom is -0.494 e. The molecule has 1 fully saturated rings. The lowest BCUT2D eigenvalue weighted by Crippen LogP contribution is -2.31. The molecule has 0 bridgehead atoms. The lowest BCUT2D eigenvalue weighted by Gasteiger charge is -2.24. The van der Waals surface area contributed by atoms with Crippen LogP contribution in [0.25, 0.3) is 0 Å². The SMILES string of the molecule is COc1cc(N2CC[C@@H](N(C)C)C2)c(N)cc1Nc1nccc(Nc2cc(Cl)c(F)cc2C(C)(C)O)n1. The van der Waals surface area contributed by atoms with Crippen LogP contribution < -0.4 is 26.0 Å². The van der Waals surface area contributed by atoms with Crippen LogP contribution in [0.2, 0.25) is 5.02 Å². The molecule has 1 aromatic heterocycles. The monoisotopic (exact) mass is 529 g/mol. The largest absolute Gasteiger partial charge is 0.494 e. The zero-order chi connectivity index (χ0) is 26.9. The molecule has 0 spiro atoms. The number of hydrogen-bond donors (Lipinski definition) is 4.